The lowest BCUT2D eigenvalue weighted by molar-refractivity contribution is -0.175. The Morgan fingerprint density at radius 3 is 2.79 bits per heavy atom. The van der Waals surface area contributed by atoms with E-state index in [4.69, 9.17) is 4.74 Å². The summed E-state index contributed by atoms with van der Waals surface area (Å²) in [5, 5.41) is 6.07. The van der Waals surface area contributed by atoms with Crippen molar-refractivity contribution >= 4 is 21.4 Å². The highest BCUT2D eigenvalue weighted by molar-refractivity contribution is 7.17. The predicted molar refractivity (Wildman–Crippen MR) is 70.5 cm³/mol. The monoisotopic (exact) mass is 289 g/mol. The molecule has 1 unspecified atom stereocenters. The number of rotatable bonds is 5. The summed E-state index contributed by atoms with van der Waals surface area (Å²) in [6.45, 7) is -1.22. The molecule has 0 saturated heterocycles. The van der Waals surface area contributed by atoms with Crippen LogP contribution in [-0.2, 0) is 4.74 Å². The van der Waals surface area contributed by atoms with Crippen LogP contribution in [0.5, 0.6) is 0 Å². The number of benzene rings is 1. The van der Waals surface area contributed by atoms with E-state index in [1.165, 1.54) is 0 Å². The fraction of sp³-hybridized carbons (Fsp3) is 0.385. The van der Waals surface area contributed by atoms with Crippen LogP contribution in [0.3, 0.4) is 0 Å². The Hall–Kier alpha value is -1.11. The number of nitrogens with one attached hydrogen (secondary N) is 1. The number of alkyl halides is 3. The molecule has 104 valence electrons. The molecule has 2 rings (SSSR count). The van der Waals surface area contributed by atoms with Gasteiger partial charge in [-0.15, -0.1) is 11.3 Å². The van der Waals surface area contributed by atoms with Crippen molar-refractivity contribution in [3.63, 3.8) is 0 Å². The van der Waals surface area contributed by atoms with Crippen molar-refractivity contribution in [2.24, 2.45) is 0 Å². The van der Waals surface area contributed by atoms with Gasteiger partial charge in [0.15, 0.2) is 0 Å². The third-order valence-corrected chi connectivity index (χ3v) is 3.76. The Kier molecular flexibility index (Phi) is 4.44. The molecule has 2 nitrogen and oxygen atoms in total. The SMILES string of the molecule is CNC(COCC(F)(F)F)c1cccc2ccsc12. The minimum atomic E-state index is -4.28. The molecular formula is C13H14F3NOS. The number of thiophene rings is 1. The summed E-state index contributed by atoms with van der Waals surface area (Å²) in [5.41, 5.74) is 0.970. The summed E-state index contributed by atoms with van der Waals surface area (Å²) in [6.07, 6.45) is -4.28. The standard InChI is InChI=1S/C13H14F3NOS/c1-17-11(7-18-8-13(14,15)16)10-4-2-3-9-5-6-19-12(9)10/h2-6,11,17H,7-8H2,1H3. The van der Waals surface area contributed by atoms with E-state index in [-0.39, 0.29) is 12.6 Å². The second kappa shape index (κ2) is 5.90. The highest BCUT2D eigenvalue weighted by Crippen LogP contribution is 2.29. The zero-order valence-corrected chi connectivity index (χ0v) is 11.1. The Labute approximate surface area is 113 Å². The molecule has 1 aromatic carbocycles. The van der Waals surface area contributed by atoms with Crippen molar-refractivity contribution in [2.45, 2.75) is 12.2 Å². The molecule has 0 aliphatic heterocycles. The number of ether oxygens (including phenoxy) is 1. The lowest BCUT2D eigenvalue weighted by Crippen LogP contribution is -2.25. The van der Waals surface area contributed by atoms with Crippen LogP contribution in [0.1, 0.15) is 11.6 Å². The van der Waals surface area contributed by atoms with E-state index in [9.17, 15) is 13.2 Å². The van der Waals surface area contributed by atoms with Gasteiger partial charge < -0.3 is 10.1 Å². The smallest absolute Gasteiger partial charge is 0.370 e. The van der Waals surface area contributed by atoms with E-state index in [1.54, 1.807) is 18.4 Å². The molecule has 0 fully saturated rings. The van der Waals surface area contributed by atoms with Gasteiger partial charge >= 0.3 is 6.18 Å². The van der Waals surface area contributed by atoms with Gasteiger partial charge in [-0.25, -0.2) is 0 Å². The van der Waals surface area contributed by atoms with E-state index in [0.29, 0.717) is 0 Å². The third kappa shape index (κ3) is 3.68. The number of fused-ring (bicyclic) bond motifs is 1. The zero-order chi connectivity index (χ0) is 13.9. The second-order valence-corrected chi connectivity index (χ2v) is 5.07. The number of halogens is 3. The fourth-order valence-electron chi connectivity index (χ4n) is 1.91. The number of hydrogen-bond acceptors (Lipinski definition) is 3. The maximum absolute atomic E-state index is 12.1. The van der Waals surface area contributed by atoms with E-state index < -0.39 is 12.8 Å². The quantitative estimate of drug-likeness (QED) is 0.905. The maximum Gasteiger partial charge on any atom is 0.411 e. The Morgan fingerprint density at radius 1 is 1.32 bits per heavy atom. The van der Waals surface area contributed by atoms with Gasteiger partial charge in [0.2, 0.25) is 0 Å². The molecule has 19 heavy (non-hydrogen) atoms. The van der Waals surface area contributed by atoms with Gasteiger partial charge in [-0.2, -0.15) is 13.2 Å². The van der Waals surface area contributed by atoms with Crippen molar-refractivity contribution < 1.29 is 17.9 Å². The van der Waals surface area contributed by atoms with Crippen LogP contribution in [0.2, 0.25) is 0 Å². The second-order valence-electron chi connectivity index (χ2n) is 4.16. The van der Waals surface area contributed by atoms with Crippen molar-refractivity contribution in [1.82, 2.24) is 5.32 Å². The molecule has 6 heteroatoms. The summed E-state index contributed by atoms with van der Waals surface area (Å²) in [4.78, 5) is 0. The van der Waals surface area contributed by atoms with Crippen molar-refractivity contribution in [3.05, 3.63) is 35.2 Å². The van der Waals surface area contributed by atoms with Crippen LogP contribution in [0, 0.1) is 0 Å². The first-order chi connectivity index (χ1) is 9.01. The molecule has 1 heterocycles. The van der Waals surface area contributed by atoms with E-state index >= 15 is 0 Å². The van der Waals surface area contributed by atoms with E-state index in [1.807, 2.05) is 29.6 Å². The largest absolute Gasteiger partial charge is 0.411 e. The highest BCUT2D eigenvalue weighted by Gasteiger charge is 2.28. The van der Waals surface area contributed by atoms with Gasteiger partial charge in [0.25, 0.3) is 0 Å². The van der Waals surface area contributed by atoms with Gasteiger partial charge in [0, 0.05) is 4.70 Å². The molecule has 2 aromatic rings. The molecule has 0 saturated carbocycles. The predicted octanol–water partition coefficient (Wildman–Crippen LogP) is 3.74. The third-order valence-electron chi connectivity index (χ3n) is 2.78. The first kappa shape index (κ1) is 14.3. The Balaban J connectivity index is 2.11. The van der Waals surface area contributed by atoms with Crippen LogP contribution in [0.25, 0.3) is 10.1 Å². The van der Waals surface area contributed by atoms with Gasteiger partial charge in [0.1, 0.15) is 6.61 Å². The molecule has 0 aliphatic rings. The molecular weight excluding hydrogens is 275 g/mol. The van der Waals surface area contributed by atoms with E-state index in [2.05, 4.69) is 5.32 Å². The Bertz CT molecular complexity index is 538. The number of hydrogen-bond donors (Lipinski definition) is 1. The molecule has 0 radical (unpaired) electrons. The summed E-state index contributed by atoms with van der Waals surface area (Å²) >= 11 is 1.58. The molecule has 0 bridgehead atoms. The average Bonchev–Trinajstić information content (AvgIpc) is 2.81. The fourth-order valence-corrected chi connectivity index (χ4v) is 2.88. The van der Waals surface area contributed by atoms with Crippen molar-refractivity contribution in [3.8, 4) is 0 Å². The summed E-state index contributed by atoms with van der Waals surface area (Å²) in [7, 11) is 1.72. The van der Waals surface area contributed by atoms with E-state index in [0.717, 1.165) is 15.6 Å². The normalized spacial score (nSPS) is 13.9. The first-order valence-corrected chi connectivity index (χ1v) is 6.67. The van der Waals surface area contributed by atoms with Crippen LogP contribution in [-0.4, -0.2) is 26.4 Å². The number of likely N-dealkylation sites (N-methyl/N-ethyl adjacent to an activating group) is 1. The zero-order valence-electron chi connectivity index (χ0n) is 10.3. The lowest BCUT2D eigenvalue weighted by Gasteiger charge is -2.18. The van der Waals surface area contributed by atoms with Crippen LogP contribution < -0.4 is 5.32 Å². The molecule has 1 N–H and O–H groups in total. The van der Waals surface area contributed by atoms with Gasteiger partial charge in [-0.05, 0) is 29.4 Å². The summed E-state index contributed by atoms with van der Waals surface area (Å²) in [5.74, 6) is 0. The molecule has 0 spiro atoms. The van der Waals surface area contributed by atoms with Crippen LogP contribution in [0.4, 0.5) is 13.2 Å². The minimum absolute atomic E-state index is 0.00692. The van der Waals surface area contributed by atoms with Crippen molar-refractivity contribution in [1.29, 1.82) is 0 Å². The minimum Gasteiger partial charge on any atom is -0.370 e. The van der Waals surface area contributed by atoms with Gasteiger partial charge in [-0.3, -0.25) is 0 Å². The van der Waals surface area contributed by atoms with Crippen LogP contribution >= 0.6 is 11.3 Å². The summed E-state index contributed by atoms with van der Waals surface area (Å²) in [6, 6.07) is 7.55. The molecule has 0 amide bonds. The average molecular weight is 289 g/mol. The van der Waals surface area contributed by atoms with Crippen LogP contribution in [0.15, 0.2) is 29.6 Å². The van der Waals surface area contributed by atoms with Gasteiger partial charge in [0.05, 0.1) is 12.6 Å². The topological polar surface area (TPSA) is 21.3 Å². The maximum atomic E-state index is 12.1. The highest BCUT2D eigenvalue weighted by atomic mass is 32.1. The van der Waals surface area contributed by atoms with Crippen molar-refractivity contribution in [2.75, 3.05) is 20.3 Å². The molecule has 1 atom stereocenters. The summed E-state index contributed by atoms with van der Waals surface area (Å²) < 4.78 is 42.0. The van der Waals surface area contributed by atoms with Gasteiger partial charge in [-0.1, -0.05) is 18.2 Å². The molecule has 1 aromatic heterocycles. The molecule has 0 aliphatic carbocycles. The first-order valence-electron chi connectivity index (χ1n) is 5.79. The Morgan fingerprint density at radius 2 is 2.11 bits per heavy atom. The lowest BCUT2D eigenvalue weighted by atomic mass is 10.1.